The summed E-state index contributed by atoms with van der Waals surface area (Å²) in [6, 6.07) is 0.834. The molecule has 1 N–H and O–H groups in total. The van der Waals surface area contributed by atoms with Gasteiger partial charge in [0.05, 0.1) is 0 Å². The first-order valence-electron chi connectivity index (χ1n) is 7.49. The maximum Gasteiger partial charge on any atom is 0.00698 e. The molecule has 1 heteroatoms. The molecule has 2 fully saturated rings. The fourth-order valence-electron chi connectivity index (χ4n) is 3.12. The predicted molar refractivity (Wildman–Crippen MR) is 70.5 cm³/mol. The van der Waals surface area contributed by atoms with Crippen molar-refractivity contribution in [3.8, 4) is 0 Å². The first-order chi connectivity index (χ1) is 7.75. The lowest BCUT2D eigenvalue weighted by Crippen LogP contribution is -2.36. The molecular weight excluding hydrogens is 194 g/mol. The number of rotatable bonds is 6. The summed E-state index contributed by atoms with van der Waals surface area (Å²) in [4.78, 5) is 0. The van der Waals surface area contributed by atoms with Gasteiger partial charge in [-0.1, -0.05) is 39.5 Å². The Labute approximate surface area is 101 Å². The van der Waals surface area contributed by atoms with Gasteiger partial charge in [0.2, 0.25) is 0 Å². The van der Waals surface area contributed by atoms with Gasteiger partial charge in [-0.25, -0.2) is 0 Å². The zero-order valence-electron chi connectivity index (χ0n) is 11.2. The quantitative estimate of drug-likeness (QED) is 0.672. The monoisotopic (exact) mass is 223 g/mol. The van der Waals surface area contributed by atoms with Gasteiger partial charge in [-0.3, -0.25) is 0 Å². The van der Waals surface area contributed by atoms with Gasteiger partial charge in [-0.15, -0.1) is 0 Å². The highest BCUT2D eigenvalue weighted by Crippen LogP contribution is 2.33. The minimum atomic E-state index is 0.834. The Balaban J connectivity index is 1.56. The van der Waals surface area contributed by atoms with Crippen LogP contribution in [0.3, 0.4) is 0 Å². The Morgan fingerprint density at radius 1 is 1.12 bits per heavy atom. The minimum Gasteiger partial charge on any atom is -0.314 e. The van der Waals surface area contributed by atoms with Gasteiger partial charge in [-0.2, -0.15) is 0 Å². The van der Waals surface area contributed by atoms with Crippen LogP contribution >= 0.6 is 0 Å². The molecule has 0 heterocycles. The van der Waals surface area contributed by atoms with Crippen LogP contribution in [0.25, 0.3) is 0 Å². The van der Waals surface area contributed by atoms with E-state index in [1.807, 2.05) is 0 Å². The first-order valence-corrected chi connectivity index (χ1v) is 7.49. The lowest BCUT2D eigenvalue weighted by atomic mass is 9.79. The largest absolute Gasteiger partial charge is 0.314 e. The van der Waals surface area contributed by atoms with E-state index in [2.05, 4.69) is 19.2 Å². The van der Waals surface area contributed by atoms with Crippen molar-refractivity contribution < 1.29 is 0 Å². The molecule has 94 valence electrons. The van der Waals surface area contributed by atoms with Gasteiger partial charge in [0.15, 0.2) is 0 Å². The molecule has 2 saturated carbocycles. The van der Waals surface area contributed by atoms with E-state index < -0.39 is 0 Å². The normalized spacial score (nSPS) is 30.9. The van der Waals surface area contributed by atoms with E-state index >= 15 is 0 Å². The Morgan fingerprint density at radius 2 is 1.94 bits per heavy atom. The molecule has 0 aromatic rings. The summed E-state index contributed by atoms with van der Waals surface area (Å²) in [6.07, 6.45) is 11.7. The molecule has 0 aromatic heterocycles. The van der Waals surface area contributed by atoms with Gasteiger partial charge in [0.25, 0.3) is 0 Å². The Bertz CT molecular complexity index is 196. The third-order valence-corrected chi connectivity index (χ3v) is 4.58. The Kier molecular flexibility index (Phi) is 4.69. The van der Waals surface area contributed by atoms with Gasteiger partial charge in [0.1, 0.15) is 0 Å². The van der Waals surface area contributed by atoms with Crippen molar-refractivity contribution in [2.24, 2.45) is 17.8 Å². The van der Waals surface area contributed by atoms with Crippen LogP contribution in [0.15, 0.2) is 0 Å². The van der Waals surface area contributed by atoms with Gasteiger partial charge >= 0.3 is 0 Å². The maximum absolute atomic E-state index is 3.79. The van der Waals surface area contributed by atoms with E-state index in [9.17, 15) is 0 Å². The third kappa shape index (κ3) is 4.08. The van der Waals surface area contributed by atoms with Crippen molar-refractivity contribution in [3.05, 3.63) is 0 Å². The van der Waals surface area contributed by atoms with Crippen LogP contribution in [0.5, 0.6) is 0 Å². The molecular formula is C15H29N. The molecule has 2 rings (SSSR count). The summed E-state index contributed by atoms with van der Waals surface area (Å²) in [5.41, 5.74) is 0. The van der Waals surface area contributed by atoms with Crippen LogP contribution in [0.4, 0.5) is 0 Å². The predicted octanol–water partition coefficient (Wildman–Crippen LogP) is 3.98. The highest BCUT2D eigenvalue weighted by atomic mass is 14.9. The van der Waals surface area contributed by atoms with E-state index in [1.54, 1.807) is 0 Å². The number of hydrogen-bond donors (Lipinski definition) is 1. The molecule has 2 aliphatic rings. The zero-order chi connectivity index (χ0) is 11.4. The zero-order valence-corrected chi connectivity index (χ0v) is 11.2. The lowest BCUT2D eigenvalue weighted by molar-refractivity contribution is 0.231. The molecule has 0 amide bonds. The topological polar surface area (TPSA) is 12.0 Å². The number of hydrogen-bond acceptors (Lipinski definition) is 1. The molecule has 0 aliphatic heterocycles. The Morgan fingerprint density at radius 3 is 2.62 bits per heavy atom. The summed E-state index contributed by atoms with van der Waals surface area (Å²) in [6.45, 7) is 6.05. The fourth-order valence-corrected chi connectivity index (χ4v) is 3.12. The van der Waals surface area contributed by atoms with E-state index in [0.717, 1.165) is 23.8 Å². The van der Waals surface area contributed by atoms with Crippen LogP contribution in [0, 0.1) is 17.8 Å². The molecule has 2 unspecified atom stereocenters. The molecule has 0 aromatic carbocycles. The van der Waals surface area contributed by atoms with Gasteiger partial charge in [0, 0.05) is 6.04 Å². The van der Waals surface area contributed by atoms with Crippen molar-refractivity contribution in [3.63, 3.8) is 0 Å². The molecule has 2 atom stereocenters. The molecule has 16 heavy (non-hydrogen) atoms. The van der Waals surface area contributed by atoms with Crippen molar-refractivity contribution in [2.75, 3.05) is 6.54 Å². The maximum atomic E-state index is 3.79. The summed E-state index contributed by atoms with van der Waals surface area (Å²) in [5.74, 6) is 2.97. The van der Waals surface area contributed by atoms with E-state index in [4.69, 9.17) is 0 Å². The minimum absolute atomic E-state index is 0.834. The summed E-state index contributed by atoms with van der Waals surface area (Å²) < 4.78 is 0. The smallest absolute Gasteiger partial charge is 0.00698 e. The first kappa shape index (κ1) is 12.4. The average molecular weight is 223 g/mol. The SMILES string of the molecule is CC(C)C1CCCC(NCCCC2CC2)C1. The second-order valence-corrected chi connectivity index (χ2v) is 6.41. The lowest BCUT2D eigenvalue weighted by Gasteiger charge is -2.32. The molecule has 0 bridgehead atoms. The van der Waals surface area contributed by atoms with Crippen LogP contribution < -0.4 is 5.32 Å². The van der Waals surface area contributed by atoms with Gasteiger partial charge in [-0.05, 0) is 50.0 Å². The summed E-state index contributed by atoms with van der Waals surface area (Å²) in [5, 5.41) is 3.79. The standard InChI is InChI=1S/C15H29N/c1-12(2)14-6-3-7-15(11-14)16-10-4-5-13-8-9-13/h12-16H,3-11H2,1-2H3. The molecule has 0 spiro atoms. The average Bonchev–Trinajstić information content (AvgIpc) is 3.09. The van der Waals surface area contributed by atoms with Crippen LogP contribution in [-0.4, -0.2) is 12.6 Å². The van der Waals surface area contributed by atoms with Crippen LogP contribution in [0.1, 0.15) is 65.2 Å². The van der Waals surface area contributed by atoms with Crippen molar-refractivity contribution >= 4 is 0 Å². The van der Waals surface area contributed by atoms with E-state index in [-0.39, 0.29) is 0 Å². The molecule has 0 saturated heterocycles. The molecule has 0 radical (unpaired) electrons. The highest BCUT2D eigenvalue weighted by molar-refractivity contribution is 4.80. The Hall–Kier alpha value is -0.0400. The number of nitrogens with one attached hydrogen (secondary N) is 1. The van der Waals surface area contributed by atoms with Crippen LogP contribution in [0.2, 0.25) is 0 Å². The second kappa shape index (κ2) is 6.05. The molecule has 2 aliphatic carbocycles. The third-order valence-electron chi connectivity index (χ3n) is 4.58. The van der Waals surface area contributed by atoms with Crippen LogP contribution in [-0.2, 0) is 0 Å². The second-order valence-electron chi connectivity index (χ2n) is 6.41. The summed E-state index contributed by atoms with van der Waals surface area (Å²) >= 11 is 0. The van der Waals surface area contributed by atoms with E-state index in [1.165, 1.54) is 57.9 Å². The van der Waals surface area contributed by atoms with Gasteiger partial charge < -0.3 is 5.32 Å². The summed E-state index contributed by atoms with van der Waals surface area (Å²) in [7, 11) is 0. The van der Waals surface area contributed by atoms with E-state index in [0.29, 0.717) is 0 Å². The fraction of sp³-hybridized carbons (Fsp3) is 1.00. The van der Waals surface area contributed by atoms with Crippen molar-refractivity contribution in [1.29, 1.82) is 0 Å². The van der Waals surface area contributed by atoms with Crippen molar-refractivity contribution in [1.82, 2.24) is 5.32 Å². The highest BCUT2D eigenvalue weighted by Gasteiger charge is 2.24. The van der Waals surface area contributed by atoms with Crippen molar-refractivity contribution in [2.45, 2.75) is 71.3 Å². The molecule has 1 nitrogen and oxygen atoms in total.